The van der Waals surface area contributed by atoms with Gasteiger partial charge in [-0.15, -0.1) is 6.58 Å². The molecule has 0 spiro atoms. The highest BCUT2D eigenvalue weighted by molar-refractivity contribution is 5.84. The van der Waals surface area contributed by atoms with Crippen LogP contribution in [0.15, 0.2) is 12.7 Å². The molecule has 1 aliphatic carbocycles. The molecule has 1 aliphatic heterocycles. The molecule has 0 amide bonds. The second kappa shape index (κ2) is 5.78. The Balaban J connectivity index is 2.06. The highest BCUT2D eigenvalue weighted by atomic mass is 16.7. The minimum Gasteiger partial charge on any atom is -0.355 e. The lowest BCUT2D eigenvalue weighted by atomic mass is 9.78. The number of hydrogen-bond donors (Lipinski definition) is 0. The standard InChI is InChI=1S/C14H22O3/c1-3-10-9-17-14(16-2)12(10)13(15)11-7-5-4-6-8-11/h3,10-12,14H,1,4-9H2,2H3/t10-,12+,14-/m0/s1. The fourth-order valence-electron chi connectivity index (χ4n) is 3.05. The predicted molar refractivity (Wildman–Crippen MR) is 65.5 cm³/mol. The molecule has 2 aliphatic rings. The van der Waals surface area contributed by atoms with Crippen LogP contribution in [0.2, 0.25) is 0 Å². The summed E-state index contributed by atoms with van der Waals surface area (Å²) in [5, 5.41) is 0. The number of carbonyl (C=O) groups excluding carboxylic acids is 1. The summed E-state index contributed by atoms with van der Waals surface area (Å²) in [5.74, 6) is 0.532. The highest BCUT2D eigenvalue weighted by Crippen LogP contribution is 2.35. The lowest BCUT2D eigenvalue weighted by Crippen LogP contribution is -2.35. The van der Waals surface area contributed by atoms with E-state index in [4.69, 9.17) is 9.47 Å². The second-order valence-electron chi connectivity index (χ2n) is 5.10. The van der Waals surface area contributed by atoms with E-state index < -0.39 is 0 Å². The molecule has 0 bridgehead atoms. The van der Waals surface area contributed by atoms with E-state index in [1.165, 1.54) is 19.3 Å². The van der Waals surface area contributed by atoms with Crippen molar-refractivity contribution in [2.45, 2.75) is 38.4 Å². The Morgan fingerprint density at radius 1 is 1.35 bits per heavy atom. The average molecular weight is 238 g/mol. The Labute approximate surface area is 103 Å². The monoisotopic (exact) mass is 238 g/mol. The Morgan fingerprint density at radius 3 is 2.65 bits per heavy atom. The van der Waals surface area contributed by atoms with Crippen LogP contribution in [-0.2, 0) is 14.3 Å². The third-order valence-electron chi connectivity index (χ3n) is 4.08. The molecule has 0 unspecified atom stereocenters. The van der Waals surface area contributed by atoms with Crippen molar-refractivity contribution in [3.8, 4) is 0 Å². The van der Waals surface area contributed by atoms with Crippen LogP contribution in [0, 0.1) is 17.8 Å². The van der Waals surface area contributed by atoms with Crippen molar-refractivity contribution in [2.75, 3.05) is 13.7 Å². The van der Waals surface area contributed by atoms with Gasteiger partial charge in [-0.25, -0.2) is 0 Å². The van der Waals surface area contributed by atoms with Crippen molar-refractivity contribution in [1.29, 1.82) is 0 Å². The summed E-state index contributed by atoms with van der Waals surface area (Å²) in [4.78, 5) is 12.5. The van der Waals surface area contributed by atoms with E-state index in [0.29, 0.717) is 12.4 Å². The summed E-state index contributed by atoms with van der Waals surface area (Å²) in [5.41, 5.74) is 0. The van der Waals surface area contributed by atoms with Crippen LogP contribution in [0.5, 0.6) is 0 Å². The number of carbonyl (C=O) groups is 1. The highest BCUT2D eigenvalue weighted by Gasteiger charge is 2.43. The number of ketones is 1. The maximum Gasteiger partial charge on any atom is 0.167 e. The minimum absolute atomic E-state index is 0.120. The summed E-state index contributed by atoms with van der Waals surface area (Å²) in [7, 11) is 1.61. The molecular weight excluding hydrogens is 216 g/mol. The Hall–Kier alpha value is -0.670. The second-order valence-corrected chi connectivity index (χ2v) is 5.10. The van der Waals surface area contributed by atoms with Crippen LogP contribution in [0.4, 0.5) is 0 Å². The minimum atomic E-state index is -0.368. The van der Waals surface area contributed by atoms with Gasteiger partial charge in [-0.1, -0.05) is 25.3 Å². The summed E-state index contributed by atoms with van der Waals surface area (Å²) >= 11 is 0. The molecule has 3 nitrogen and oxygen atoms in total. The van der Waals surface area contributed by atoms with Gasteiger partial charge in [-0.05, 0) is 12.8 Å². The van der Waals surface area contributed by atoms with Gasteiger partial charge >= 0.3 is 0 Å². The van der Waals surface area contributed by atoms with E-state index >= 15 is 0 Å². The quantitative estimate of drug-likeness (QED) is 0.706. The largest absolute Gasteiger partial charge is 0.355 e. The summed E-state index contributed by atoms with van der Waals surface area (Å²) in [6.45, 7) is 4.36. The molecule has 3 atom stereocenters. The fourth-order valence-corrected chi connectivity index (χ4v) is 3.05. The van der Waals surface area contributed by atoms with Crippen LogP contribution in [0.25, 0.3) is 0 Å². The molecule has 3 heteroatoms. The van der Waals surface area contributed by atoms with E-state index in [2.05, 4.69) is 6.58 Å². The first-order chi connectivity index (χ1) is 8.27. The Bertz CT molecular complexity index is 281. The van der Waals surface area contributed by atoms with Crippen molar-refractivity contribution in [1.82, 2.24) is 0 Å². The molecule has 0 N–H and O–H groups in total. The maximum atomic E-state index is 12.5. The van der Waals surface area contributed by atoms with Crippen molar-refractivity contribution in [3.63, 3.8) is 0 Å². The van der Waals surface area contributed by atoms with Gasteiger partial charge < -0.3 is 9.47 Å². The van der Waals surface area contributed by atoms with Crippen LogP contribution in [0.1, 0.15) is 32.1 Å². The van der Waals surface area contributed by atoms with Gasteiger partial charge in [-0.2, -0.15) is 0 Å². The molecule has 0 radical (unpaired) electrons. The van der Waals surface area contributed by atoms with Crippen LogP contribution >= 0.6 is 0 Å². The predicted octanol–water partition coefficient (Wildman–Crippen LogP) is 2.56. The van der Waals surface area contributed by atoms with Crippen LogP contribution < -0.4 is 0 Å². The molecule has 96 valence electrons. The lowest BCUT2D eigenvalue weighted by Gasteiger charge is -2.26. The third-order valence-corrected chi connectivity index (χ3v) is 4.08. The first-order valence-electron chi connectivity index (χ1n) is 6.58. The van der Waals surface area contributed by atoms with Gasteiger partial charge in [0.15, 0.2) is 6.29 Å². The van der Waals surface area contributed by atoms with E-state index in [1.54, 1.807) is 7.11 Å². The topological polar surface area (TPSA) is 35.5 Å². The summed E-state index contributed by atoms with van der Waals surface area (Å²) in [6.07, 6.45) is 7.17. The van der Waals surface area contributed by atoms with E-state index in [9.17, 15) is 4.79 Å². The van der Waals surface area contributed by atoms with Gasteiger partial charge in [0, 0.05) is 18.9 Å². The normalized spacial score (nSPS) is 34.8. The van der Waals surface area contributed by atoms with Crippen LogP contribution in [0.3, 0.4) is 0 Å². The van der Waals surface area contributed by atoms with E-state index in [1.807, 2.05) is 6.08 Å². The summed E-state index contributed by atoms with van der Waals surface area (Å²) < 4.78 is 10.8. The zero-order chi connectivity index (χ0) is 12.3. The third kappa shape index (κ3) is 2.61. The van der Waals surface area contributed by atoms with Gasteiger partial charge in [-0.3, -0.25) is 4.79 Å². The molecule has 1 saturated heterocycles. The number of Topliss-reactive ketones (excluding diaryl/α,β-unsaturated/α-hetero) is 1. The number of ether oxygens (including phenoxy) is 2. The molecule has 0 aromatic heterocycles. The Morgan fingerprint density at radius 2 is 2.06 bits per heavy atom. The molecule has 0 aromatic carbocycles. The van der Waals surface area contributed by atoms with E-state index in [-0.39, 0.29) is 24.0 Å². The van der Waals surface area contributed by atoms with Crippen molar-refractivity contribution >= 4 is 5.78 Å². The van der Waals surface area contributed by atoms with Gasteiger partial charge in [0.2, 0.25) is 0 Å². The molecule has 17 heavy (non-hydrogen) atoms. The Kier molecular flexibility index (Phi) is 4.35. The molecule has 0 aromatic rings. The first-order valence-corrected chi connectivity index (χ1v) is 6.58. The fraction of sp³-hybridized carbons (Fsp3) is 0.786. The molecule has 2 rings (SSSR count). The molecule has 2 fully saturated rings. The zero-order valence-corrected chi connectivity index (χ0v) is 10.6. The lowest BCUT2D eigenvalue weighted by molar-refractivity contribution is -0.146. The molecular formula is C14H22O3. The van der Waals surface area contributed by atoms with Gasteiger partial charge in [0.1, 0.15) is 5.78 Å². The number of hydrogen-bond acceptors (Lipinski definition) is 3. The van der Waals surface area contributed by atoms with Crippen molar-refractivity contribution < 1.29 is 14.3 Å². The van der Waals surface area contributed by atoms with E-state index in [0.717, 1.165) is 12.8 Å². The number of rotatable bonds is 4. The van der Waals surface area contributed by atoms with Gasteiger partial charge in [0.25, 0.3) is 0 Å². The zero-order valence-electron chi connectivity index (χ0n) is 10.6. The average Bonchev–Trinajstić information content (AvgIpc) is 2.81. The summed E-state index contributed by atoms with van der Waals surface area (Å²) in [6, 6.07) is 0. The van der Waals surface area contributed by atoms with Crippen LogP contribution in [-0.4, -0.2) is 25.8 Å². The number of methoxy groups -OCH3 is 1. The van der Waals surface area contributed by atoms with Crippen molar-refractivity contribution in [2.24, 2.45) is 17.8 Å². The van der Waals surface area contributed by atoms with Gasteiger partial charge in [0.05, 0.1) is 12.5 Å². The molecule has 1 heterocycles. The molecule has 1 saturated carbocycles. The maximum absolute atomic E-state index is 12.5. The smallest absolute Gasteiger partial charge is 0.167 e. The first kappa shape index (κ1) is 12.8. The van der Waals surface area contributed by atoms with Crippen molar-refractivity contribution in [3.05, 3.63) is 12.7 Å². The SMILES string of the molecule is C=C[C@H]1CO[C@H](OC)[C@H]1C(=O)C1CCCCC1.